The standard InChI is InChI=1S/C30H27F3N4O5.C23H25N3O4/c1-40-21-11-7-19(8-12-21)17-37(18-20-9-13-22(41-2)14-10-20)27-15-23(29(39)42-3)25(16-34-27)36-28(38)24-5-4-6-26(35-24)30(31,32)33;1-28-18-8-4-16(5-9-18)14-26(15-17-6-10-19(29-2)11-7-17)22-12-20(23(27)30-3)21(24)13-25-22/h4-16H,17-18H2,1-3H3,(H,36,38);4-13H,14-15,24H2,1-3H3. The lowest BCUT2D eigenvalue weighted by Crippen LogP contribution is -2.24. The Hall–Kier alpha value is -8.87. The van der Waals surface area contributed by atoms with Crippen LogP contribution in [0.1, 0.15) is 59.2 Å². The minimum atomic E-state index is -4.73. The van der Waals surface area contributed by atoms with Gasteiger partial charge in [-0.25, -0.2) is 24.5 Å². The average Bonchev–Trinajstić information content (AvgIpc) is 3.41. The SMILES string of the molecule is COC(=O)c1cc(N(Cc2ccc(OC)cc2)Cc2ccc(OC)cc2)ncc1N.COC(=O)c1cc(N(Cc2ccc(OC)cc2)Cc2ccc(OC)cc2)ncc1NC(=O)c1cccc(C(F)(F)F)n1. The summed E-state index contributed by atoms with van der Waals surface area (Å²) in [4.78, 5) is 54.0. The van der Waals surface area contributed by atoms with E-state index in [0.29, 0.717) is 49.3 Å². The van der Waals surface area contributed by atoms with Crippen molar-refractivity contribution in [2.45, 2.75) is 32.4 Å². The normalized spacial score (nSPS) is 10.7. The number of nitrogens with one attached hydrogen (secondary N) is 1. The molecule has 0 fully saturated rings. The number of rotatable bonds is 18. The molecule has 0 aliphatic heterocycles. The summed E-state index contributed by atoms with van der Waals surface area (Å²) >= 11 is 0. The number of anilines is 4. The molecule has 0 radical (unpaired) electrons. The van der Waals surface area contributed by atoms with E-state index >= 15 is 0 Å². The molecule has 3 N–H and O–H groups in total. The maximum absolute atomic E-state index is 13.1. The first-order valence-electron chi connectivity index (χ1n) is 21.9. The van der Waals surface area contributed by atoms with Crippen molar-refractivity contribution in [2.24, 2.45) is 0 Å². The van der Waals surface area contributed by atoms with Crippen molar-refractivity contribution in [2.75, 3.05) is 63.5 Å². The number of esters is 2. The molecule has 72 heavy (non-hydrogen) atoms. The molecular formula is C53H52F3N7O9. The molecule has 7 aromatic rings. The Labute approximate surface area is 414 Å². The number of hydrogen-bond acceptors (Lipinski definition) is 15. The molecule has 3 aromatic heterocycles. The van der Waals surface area contributed by atoms with Crippen LogP contribution in [-0.2, 0) is 41.8 Å². The Morgan fingerprint density at radius 1 is 0.542 bits per heavy atom. The van der Waals surface area contributed by atoms with Gasteiger partial charge in [-0.3, -0.25) is 4.79 Å². The molecule has 0 aliphatic carbocycles. The van der Waals surface area contributed by atoms with Crippen LogP contribution in [-0.4, -0.2) is 75.5 Å². The Kier molecular flexibility index (Phi) is 17.9. The van der Waals surface area contributed by atoms with E-state index in [0.717, 1.165) is 52.0 Å². The zero-order chi connectivity index (χ0) is 51.8. The zero-order valence-electron chi connectivity index (χ0n) is 40.2. The highest BCUT2D eigenvalue weighted by Crippen LogP contribution is 2.30. The first kappa shape index (κ1) is 52.5. The van der Waals surface area contributed by atoms with Crippen LogP contribution in [0.25, 0.3) is 0 Å². The van der Waals surface area contributed by atoms with Gasteiger partial charge < -0.3 is 49.3 Å². The molecule has 374 valence electrons. The average molecular weight is 988 g/mol. The van der Waals surface area contributed by atoms with Crippen LogP contribution in [0.2, 0.25) is 0 Å². The summed E-state index contributed by atoms with van der Waals surface area (Å²) in [7, 11) is 8.93. The molecule has 7 rings (SSSR count). The number of ether oxygens (including phenoxy) is 6. The highest BCUT2D eigenvalue weighted by Gasteiger charge is 2.33. The fraction of sp³-hybridized carbons (Fsp3) is 0.208. The van der Waals surface area contributed by atoms with Crippen LogP contribution in [0.15, 0.2) is 140 Å². The summed E-state index contributed by atoms with van der Waals surface area (Å²) in [5.41, 5.74) is 8.70. The third-order valence-electron chi connectivity index (χ3n) is 10.9. The lowest BCUT2D eigenvalue weighted by atomic mass is 10.1. The third kappa shape index (κ3) is 14.1. The Balaban J connectivity index is 0.000000249. The summed E-state index contributed by atoms with van der Waals surface area (Å²) in [6.07, 6.45) is -1.99. The van der Waals surface area contributed by atoms with Crippen molar-refractivity contribution < 1.29 is 56.0 Å². The van der Waals surface area contributed by atoms with Crippen LogP contribution >= 0.6 is 0 Å². The molecule has 0 unspecified atom stereocenters. The molecule has 3 heterocycles. The molecule has 0 saturated carbocycles. The summed E-state index contributed by atoms with van der Waals surface area (Å²) < 4.78 is 70.0. The number of halogens is 3. The second kappa shape index (κ2) is 24.6. The minimum Gasteiger partial charge on any atom is -0.497 e. The van der Waals surface area contributed by atoms with E-state index in [1.54, 1.807) is 34.5 Å². The quantitative estimate of drug-likeness (QED) is 0.0773. The number of benzene rings is 4. The second-order valence-electron chi connectivity index (χ2n) is 15.7. The van der Waals surface area contributed by atoms with Crippen molar-refractivity contribution in [1.29, 1.82) is 0 Å². The molecular weight excluding hydrogens is 936 g/mol. The predicted molar refractivity (Wildman–Crippen MR) is 265 cm³/mol. The molecule has 4 aromatic carbocycles. The maximum Gasteiger partial charge on any atom is 0.433 e. The number of nitrogens with zero attached hydrogens (tertiary/aromatic N) is 5. The fourth-order valence-corrected chi connectivity index (χ4v) is 7.06. The van der Waals surface area contributed by atoms with Gasteiger partial charge in [-0.05, 0) is 95.1 Å². The monoisotopic (exact) mass is 987 g/mol. The summed E-state index contributed by atoms with van der Waals surface area (Å²) in [5.74, 6) is 1.76. The van der Waals surface area contributed by atoms with Gasteiger partial charge in [0.1, 0.15) is 46.0 Å². The Morgan fingerprint density at radius 2 is 0.917 bits per heavy atom. The number of carbonyl (C=O) groups is 3. The number of methoxy groups -OCH3 is 6. The van der Waals surface area contributed by atoms with Gasteiger partial charge in [-0.2, -0.15) is 13.2 Å². The fourth-order valence-electron chi connectivity index (χ4n) is 7.06. The van der Waals surface area contributed by atoms with Crippen molar-refractivity contribution in [1.82, 2.24) is 15.0 Å². The van der Waals surface area contributed by atoms with E-state index in [-0.39, 0.29) is 22.5 Å². The first-order valence-corrected chi connectivity index (χ1v) is 21.9. The summed E-state index contributed by atoms with van der Waals surface area (Å²) in [6.45, 7) is 1.94. The van der Waals surface area contributed by atoms with E-state index in [4.69, 9.17) is 34.2 Å². The third-order valence-corrected chi connectivity index (χ3v) is 10.9. The topological polar surface area (TPSA) is 190 Å². The number of pyridine rings is 3. The number of aromatic nitrogens is 3. The molecule has 0 atom stereocenters. The number of nitrogen functional groups attached to an aromatic ring is 1. The summed E-state index contributed by atoms with van der Waals surface area (Å²) in [6, 6.07) is 36.6. The molecule has 1 amide bonds. The van der Waals surface area contributed by atoms with Gasteiger partial charge >= 0.3 is 18.1 Å². The number of hydrogen-bond donors (Lipinski definition) is 2. The number of alkyl halides is 3. The van der Waals surface area contributed by atoms with E-state index in [2.05, 4.69) is 25.2 Å². The largest absolute Gasteiger partial charge is 0.497 e. The Morgan fingerprint density at radius 3 is 1.29 bits per heavy atom. The van der Waals surface area contributed by atoms with Gasteiger partial charge in [0, 0.05) is 26.2 Å². The van der Waals surface area contributed by atoms with E-state index < -0.39 is 35.4 Å². The van der Waals surface area contributed by atoms with E-state index in [9.17, 15) is 27.6 Å². The van der Waals surface area contributed by atoms with Crippen molar-refractivity contribution >= 4 is 40.9 Å². The molecule has 0 saturated heterocycles. The van der Waals surface area contributed by atoms with Gasteiger partial charge in [0.15, 0.2) is 0 Å². The van der Waals surface area contributed by atoms with E-state index in [1.165, 1.54) is 32.7 Å². The molecule has 0 bridgehead atoms. The van der Waals surface area contributed by atoms with E-state index in [1.807, 2.05) is 102 Å². The molecule has 0 spiro atoms. The van der Waals surface area contributed by atoms with Gasteiger partial charge in [0.25, 0.3) is 5.91 Å². The first-order chi connectivity index (χ1) is 34.6. The highest BCUT2D eigenvalue weighted by atomic mass is 19.4. The lowest BCUT2D eigenvalue weighted by molar-refractivity contribution is -0.141. The lowest BCUT2D eigenvalue weighted by Gasteiger charge is -2.25. The molecule has 16 nitrogen and oxygen atoms in total. The van der Waals surface area contributed by atoms with Crippen LogP contribution in [0.5, 0.6) is 23.0 Å². The van der Waals surface area contributed by atoms with Gasteiger partial charge in [0.2, 0.25) is 0 Å². The highest BCUT2D eigenvalue weighted by molar-refractivity contribution is 6.07. The minimum absolute atomic E-state index is 0.0442. The van der Waals surface area contributed by atoms with Gasteiger partial charge in [-0.15, -0.1) is 0 Å². The van der Waals surface area contributed by atoms with Crippen molar-refractivity contribution in [3.63, 3.8) is 0 Å². The predicted octanol–water partition coefficient (Wildman–Crippen LogP) is 9.43. The van der Waals surface area contributed by atoms with Crippen LogP contribution in [0.3, 0.4) is 0 Å². The van der Waals surface area contributed by atoms with Crippen molar-refractivity contribution in [3.8, 4) is 23.0 Å². The number of nitrogens with two attached hydrogens (primary N) is 1. The van der Waals surface area contributed by atoms with Crippen LogP contribution < -0.4 is 39.8 Å². The zero-order valence-corrected chi connectivity index (χ0v) is 40.2. The van der Waals surface area contributed by atoms with Gasteiger partial charge in [-0.1, -0.05) is 54.6 Å². The van der Waals surface area contributed by atoms with Crippen LogP contribution in [0, 0.1) is 0 Å². The Bertz CT molecular complexity index is 2830. The number of amides is 1. The summed E-state index contributed by atoms with van der Waals surface area (Å²) in [5, 5.41) is 2.43. The van der Waals surface area contributed by atoms with Crippen LogP contribution in [0.4, 0.5) is 36.2 Å². The smallest absolute Gasteiger partial charge is 0.433 e. The van der Waals surface area contributed by atoms with Crippen molar-refractivity contribution in [3.05, 3.63) is 185 Å². The second-order valence-corrected chi connectivity index (χ2v) is 15.7. The van der Waals surface area contributed by atoms with Gasteiger partial charge in [0.05, 0.1) is 77.6 Å². The molecule has 0 aliphatic rings. The molecule has 19 heteroatoms. The number of carbonyl (C=O) groups excluding carboxylic acids is 3. The maximum atomic E-state index is 13.1.